The first-order valence-corrected chi connectivity index (χ1v) is 11.7. The van der Waals surface area contributed by atoms with Gasteiger partial charge in [0.1, 0.15) is 6.61 Å². The quantitative estimate of drug-likeness (QED) is 0.504. The summed E-state index contributed by atoms with van der Waals surface area (Å²) in [6, 6.07) is 9.22. The summed E-state index contributed by atoms with van der Waals surface area (Å²) in [5.74, 6) is -1.22. The Morgan fingerprint density at radius 2 is 1.91 bits per heavy atom. The number of nitrogens with one attached hydrogen (secondary N) is 1. The number of carbonyl (C=O) groups excluding carboxylic acids is 3. The van der Waals surface area contributed by atoms with Crippen LogP contribution in [0.15, 0.2) is 42.5 Å². The summed E-state index contributed by atoms with van der Waals surface area (Å²) in [6.07, 6.45) is 6.08. The van der Waals surface area contributed by atoms with E-state index in [0.29, 0.717) is 32.2 Å². The van der Waals surface area contributed by atoms with E-state index in [0.717, 1.165) is 5.56 Å². The average molecular weight is 459 g/mol. The molecule has 0 saturated carbocycles. The van der Waals surface area contributed by atoms with E-state index in [1.807, 2.05) is 63.3 Å². The van der Waals surface area contributed by atoms with Crippen LogP contribution in [0.1, 0.15) is 58.4 Å². The smallest absolute Gasteiger partial charge is 0.305 e. The second-order valence-corrected chi connectivity index (χ2v) is 9.64. The molecule has 33 heavy (non-hydrogen) atoms. The van der Waals surface area contributed by atoms with Crippen LogP contribution < -0.4 is 5.32 Å². The van der Waals surface area contributed by atoms with Gasteiger partial charge >= 0.3 is 5.97 Å². The maximum Gasteiger partial charge on any atom is 0.305 e. The van der Waals surface area contributed by atoms with Crippen LogP contribution in [0.3, 0.4) is 0 Å². The number of benzene rings is 1. The van der Waals surface area contributed by atoms with Gasteiger partial charge in [0, 0.05) is 25.9 Å². The van der Waals surface area contributed by atoms with Crippen LogP contribution in [0.5, 0.6) is 0 Å². The number of hydrogen-bond acceptors (Lipinski definition) is 5. The Morgan fingerprint density at radius 3 is 2.58 bits per heavy atom. The number of hydrogen-bond donors (Lipinski definition) is 2. The first-order chi connectivity index (χ1) is 15.7. The Kier molecular flexibility index (Phi) is 10.6. The van der Waals surface area contributed by atoms with Crippen LogP contribution >= 0.6 is 0 Å². The van der Waals surface area contributed by atoms with Crippen molar-refractivity contribution in [3.05, 3.63) is 48.0 Å². The molecule has 182 valence electrons. The summed E-state index contributed by atoms with van der Waals surface area (Å²) in [5, 5.41) is 12.5. The van der Waals surface area contributed by atoms with Gasteiger partial charge in [0.05, 0.1) is 18.6 Å². The second kappa shape index (κ2) is 13.1. The van der Waals surface area contributed by atoms with Crippen LogP contribution in [0.4, 0.5) is 0 Å². The van der Waals surface area contributed by atoms with Crippen molar-refractivity contribution >= 4 is 17.8 Å². The number of ether oxygens (including phenoxy) is 1. The number of aliphatic hydroxyl groups excluding tert-OH is 1. The van der Waals surface area contributed by atoms with Gasteiger partial charge in [-0.15, -0.1) is 0 Å². The molecule has 1 aromatic rings. The largest absolute Gasteiger partial charge is 0.463 e. The van der Waals surface area contributed by atoms with Crippen LogP contribution in [0.2, 0.25) is 0 Å². The summed E-state index contributed by atoms with van der Waals surface area (Å²) in [5.41, 5.74) is 0.643. The van der Waals surface area contributed by atoms with Crippen LogP contribution in [-0.4, -0.2) is 53.6 Å². The molecule has 7 nitrogen and oxygen atoms in total. The van der Waals surface area contributed by atoms with Crippen molar-refractivity contribution in [2.45, 2.75) is 65.5 Å². The van der Waals surface area contributed by atoms with Crippen LogP contribution in [0, 0.1) is 11.3 Å². The molecule has 2 rings (SSSR count). The molecule has 0 aromatic heterocycles. The molecule has 0 bridgehead atoms. The number of aliphatic hydroxyl groups is 1. The summed E-state index contributed by atoms with van der Waals surface area (Å²) in [4.78, 5) is 40.0. The minimum atomic E-state index is -0.549. The van der Waals surface area contributed by atoms with Crippen molar-refractivity contribution in [2.24, 2.45) is 11.3 Å². The summed E-state index contributed by atoms with van der Waals surface area (Å²) >= 11 is 0. The van der Waals surface area contributed by atoms with Gasteiger partial charge < -0.3 is 20.1 Å². The van der Waals surface area contributed by atoms with E-state index in [1.54, 1.807) is 4.90 Å². The monoisotopic (exact) mass is 458 g/mol. The lowest BCUT2D eigenvalue weighted by Gasteiger charge is -2.32. The van der Waals surface area contributed by atoms with Gasteiger partial charge in [-0.25, -0.2) is 0 Å². The molecule has 2 atom stereocenters. The Hall–Kier alpha value is -2.67. The lowest BCUT2D eigenvalue weighted by molar-refractivity contribution is -0.146. The third kappa shape index (κ3) is 9.38. The maximum atomic E-state index is 13.2. The van der Waals surface area contributed by atoms with Crippen molar-refractivity contribution < 1.29 is 24.2 Å². The fourth-order valence-corrected chi connectivity index (χ4v) is 3.63. The SMILES string of the molecule is CC(C)(C)[C@H]1COC(=O)CCCC=CC[C@H](CC(=O)N(CCO)Cc2ccccc2)C(=O)N1. The number of nitrogens with zero attached hydrogens (tertiary/aromatic N) is 1. The van der Waals surface area contributed by atoms with E-state index in [1.165, 1.54) is 0 Å². The van der Waals surface area contributed by atoms with Crippen molar-refractivity contribution in [1.29, 1.82) is 0 Å². The van der Waals surface area contributed by atoms with Crippen molar-refractivity contribution in [3.63, 3.8) is 0 Å². The minimum Gasteiger partial charge on any atom is -0.463 e. The molecule has 2 N–H and O–H groups in total. The van der Waals surface area contributed by atoms with E-state index < -0.39 is 5.92 Å². The molecular formula is C26H38N2O5. The number of rotatable bonds is 6. The van der Waals surface area contributed by atoms with E-state index in [9.17, 15) is 19.5 Å². The third-order valence-electron chi connectivity index (χ3n) is 5.84. The molecule has 1 aliphatic heterocycles. The summed E-state index contributed by atoms with van der Waals surface area (Å²) < 4.78 is 5.42. The van der Waals surface area contributed by atoms with Crippen molar-refractivity contribution in [3.8, 4) is 0 Å². The molecule has 1 heterocycles. The predicted octanol–water partition coefficient (Wildman–Crippen LogP) is 3.22. The molecule has 2 amide bonds. The molecule has 0 saturated heterocycles. The normalized spacial score (nSPS) is 20.6. The Labute approximate surface area is 197 Å². The first-order valence-electron chi connectivity index (χ1n) is 11.7. The number of amides is 2. The van der Waals surface area contributed by atoms with Gasteiger partial charge in [0.2, 0.25) is 11.8 Å². The fourth-order valence-electron chi connectivity index (χ4n) is 3.63. The molecular weight excluding hydrogens is 420 g/mol. The first kappa shape index (κ1) is 26.6. The number of allylic oxidation sites excluding steroid dienone is 2. The van der Waals surface area contributed by atoms with E-state index in [2.05, 4.69) is 5.32 Å². The zero-order valence-electron chi connectivity index (χ0n) is 20.1. The zero-order chi connectivity index (χ0) is 24.3. The van der Waals surface area contributed by atoms with Gasteiger partial charge in [-0.2, -0.15) is 0 Å². The van der Waals surface area contributed by atoms with Crippen LogP contribution in [0.25, 0.3) is 0 Å². The molecule has 0 unspecified atom stereocenters. The molecule has 7 heteroatoms. The number of carbonyl (C=O) groups is 3. The third-order valence-corrected chi connectivity index (χ3v) is 5.84. The van der Waals surface area contributed by atoms with Crippen molar-refractivity contribution in [1.82, 2.24) is 10.2 Å². The number of cyclic esters (lactones) is 1. The Bertz CT molecular complexity index is 801. The van der Waals surface area contributed by atoms with Gasteiger partial charge in [-0.3, -0.25) is 14.4 Å². The van der Waals surface area contributed by atoms with Gasteiger partial charge in [0.15, 0.2) is 0 Å². The molecule has 0 spiro atoms. The Balaban J connectivity index is 2.17. The highest BCUT2D eigenvalue weighted by molar-refractivity contribution is 5.86. The summed E-state index contributed by atoms with van der Waals surface area (Å²) in [7, 11) is 0. The van der Waals surface area contributed by atoms with E-state index >= 15 is 0 Å². The van der Waals surface area contributed by atoms with Crippen LogP contribution in [-0.2, 0) is 25.7 Å². The lowest BCUT2D eigenvalue weighted by atomic mass is 9.86. The standard InChI is InChI=1S/C26H38N2O5/c1-26(2,3)22-19-33-24(31)14-10-5-4-9-13-21(25(32)27-22)17-23(30)28(15-16-29)18-20-11-7-6-8-12-20/h4,6-9,11-12,21-22,29H,5,10,13-19H2,1-3H3,(H,27,32)/t21-,22-/m1/s1. The van der Waals surface area contributed by atoms with Gasteiger partial charge in [0.25, 0.3) is 0 Å². The lowest BCUT2D eigenvalue weighted by Crippen LogP contribution is -2.49. The average Bonchev–Trinajstić information content (AvgIpc) is 2.78. The maximum absolute atomic E-state index is 13.2. The van der Waals surface area contributed by atoms with Gasteiger partial charge in [-0.05, 0) is 30.2 Å². The Morgan fingerprint density at radius 1 is 1.18 bits per heavy atom. The fraction of sp³-hybridized carbons (Fsp3) is 0.577. The topological polar surface area (TPSA) is 95.9 Å². The highest BCUT2D eigenvalue weighted by Crippen LogP contribution is 2.22. The van der Waals surface area contributed by atoms with Crippen molar-refractivity contribution in [2.75, 3.05) is 19.8 Å². The second-order valence-electron chi connectivity index (χ2n) is 9.64. The minimum absolute atomic E-state index is 0.0413. The highest BCUT2D eigenvalue weighted by atomic mass is 16.5. The highest BCUT2D eigenvalue weighted by Gasteiger charge is 2.31. The number of esters is 1. The van der Waals surface area contributed by atoms with E-state index in [4.69, 9.17) is 4.74 Å². The molecule has 0 aliphatic carbocycles. The summed E-state index contributed by atoms with van der Waals surface area (Å²) in [6.45, 7) is 6.48. The van der Waals surface area contributed by atoms with E-state index in [-0.39, 0.29) is 55.4 Å². The van der Waals surface area contributed by atoms with Gasteiger partial charge in [-0.1, -0.05) is 63.3 Å². The predicted molar refractivity (Wildman–Crippen MR) is 127 cm³/mol. The molecule has 0 fully saturated rings. The zero-order valence-corrected chi connectivity index (χ0v) is 20.1. The molecule has 1 aromatic carbocycles. The molecule has 1 aliphatic rings. The molecule has 0 radical (unpaired) electrons.